The van der Waals surface area contributed by atoms with E-state index in [1.165, 1.54) is 0 Å². The average molecular weight is 362 g/mol. The number of hydrogen-bond acceptors (Lipinski definition) is 3. The molecule has 0 saturated heterocycles. The van der Waals surface area contributed by atoms with E-state index in [9.17, 15) is 0 Å². The number of benzene rings is 2. The third-order valence-corrected chi connectivity index (χ3v) is 4.15. The van der Waals surface area contributed by atoms with Crippen molar-refractivity contribution in [1.82, 2.24) is 10.6 Å². The van der Waals surface area contributed by atoms with Gasteiger partial charge in [0.05, 0.1) is 14.2 Å². The molecular weight excluding hydrogens is 338 g/mol. The molecule has 0 aliphatic rings. The molecule has 134 valence electrons. The van der Waals surface area contributed by atoms with Crippen LogP contribution in [-0.4, -0.2) is 33.8 Å². The molecule has 0 aliphatic heterocycles. The molecule has 0 bridgehead atoms. The number of guanidine groups is 1. The third kappa shape index (κ3) is 5.57. The monoisotopic (exact) mass is 361 g/mol. The van der Waals surface area contributed by atoms with Crippen LogP contribution in [0.4, 0.5) is 0 Å². The lowest BCUT2D eigenvalue weighted by atomic mass is 10.1. The van der Waals surface area contributed by atoms with Gasteiger partial charge in [-0.15, -0.1) is 0 Å². The van der Waals surface area contributed by atoms with Gasteiger partial charge in [-0.2, -0.15) is 0 Å². The van der Waals surface area contributed by atoms with Crippen molar-refractivity contribution in [2.45, 2.75) is 13.0 Å². The summed E-state index contributed by atoms with van der Waals surface area (Å²) in [6, 6.07) is 13.7. The zero-order chi connectivity index (χ0) is 18.1. The fourth-order valence-electron chi connectivity index (χ4n) is 2.40. The van der Waals surface area contributed by atoms with Crippen LogP contribution in [0.25, 0.3) is 0 Å². The smallest absolute Gasteiger partial charge is 0.191 e. The van der Waals surface area contributed by atoms with Crippen molar-refractivity contribution < 1.29 is 9.47 Å². The first-order chi connectivity index (χ1) is 12.2. The molecule has 0 spiro atoms. The molecule has 0 aromatic heterocycles. The summed E-state index contributed by atoms with van der Waals surface area (Å²) in [7, 11) is 5.02. The fourth-order valence-corrected chi connectivity index (χ4v) is 2.61. The zero-order valence-electron chi connectivity index (χ0n) is 14.8. The Hall–Kier alpha value is -2.40. The Labute approximate surface area is 154 Å². The van der Waals surface area contributed by atoms with Crippen molar-refractivity contribution in [3.63, 3.8) is 0 Å². The van der Waals surface area contributed by atoms with Gasteiger partial charge in [0.15, 0.2) is 17.5 Å². The summed E-state index contributed by atoms with van der Waals surface area (Å²) in [5, 5.41) is 7.31. The lowest BCUT2D eigenvalue weighted by Crippen LogP contribution is -2.37. The molecule has 0 amide bonds. The minimum atomic E-state index is 0.621. The van der Waals surface area contributed by atoms with Gasteiger partial charge in [0.25, 0.3) is 0 Å². The molecule has 2 rings (SSSR count). The van der Waals surface area contributed by atoms with E-state index in [0.717, 1.165) is 46.6 Å². The number of rotatable bonds is 7. The molecule has 5 nitrogen and oxygen atoms in total. The molecule has 0 fully saturated rings. The van der Waals surface area contributed by atoms with Crippen LogP contribution in [0.1, 0.15) is 11.1 Å². The summed E-state index contributed by atoms with van der Waals surface area (Å²) in [5.41, 5.74) is 2.19. The number of halogens is 1. The summed E-state index contributed by atoms with van der Waals surface area (Å²) in [6.45, 7) is 1.37. The van der Waals surface area contributed by atoms with E-state index in [0.29, 0.717) is 6.54 Å². The van der Waals surface area contributed by atoms with Crippen molar-refractivity contribution in [1.29, 1.82) is 0 Å². The van der Waals surface area contributed by atoms with Crippen LogP contribution in [0.3, 0.4) is 0 Å². The van der Waals surface area contributed by atoms with Crippen molar-refractivity contribution in [3.05, 3.63) is 58.6 Å². The second-order valence-electron chi connectivity index (χ2n) is 5.38. The number of nitrogens with one attached hydrogen (secondary N) is 2. The van der Waals surface area contributed by atoms with Crippen LogP contribution in [0, 0.1) is 0 Å². The molecule has 0 saturated carbocycles. The predicted octanol–water partition coefficient (Wildman–Crippen LogP) is 3.26. The van der Waals surface area contributed by atoms with Crippen molar-refractivity contribution in [2.24, 2.45) is 4.99 Å². The highest BCUT2D eigenvalue weighted by Crippen LogP contribution is 2.27. The first kappa shape index (κ1) is 18.9. The van der Waals surface area contributed by atoms with Gasteiger partial charge in [-0.25, -0.2) is 0 Å². The normalized spacial score (nSPS) is 11.1. The number of hydrogen-bond donors (Lipinski definition) is 2. The highest BCUT2D eigenvalue weighted by molar-refractivity contribution is 6.31. The van der Waals surface area contributed by atoms with E-state index in [1.54, 1.807) is 21.3 Å². The number of methoxy groups -OCH3 is 2. The maximum atomic E-state index is 6.17. The Morgan fingerprint density at radius 1 is 1.04 bits per heavy atom. The maximum Gasteiger partial charge on any atom is 0.191 e. The standard InChI is InChI=1S/C19H24ClN3O2/c1-21-19(23-13-15-6-4-5-7-16(15)20)22-11-10-14-8-9-17(24-2)18(12-14)25-3/h4-9,12H,10-11,13H2,1-3H3,(H2,21,22,23). The first-order valence-corrected chi connectivity index (χ1v) is 8.44. The summed E-state index contributed by atoms with van der Waals surface area (Å²) in [6.07, 6.45) is 0.840. The van der Waals surface area contributed by atoms with E-state index in [1.807, 2.05) is 42.5 Å². The van der Waals surface area contributed by atoms with Gasteiger partial charge in [0.1, 0.15) is 0 Å². The average Bonchev–Trinajstić information content (AvgIpc) is 2.65. The van der Waals surface area contributed by atoms with Crippen molar-refractivity contribution in [3.8, 4) is 11.5 Å². The summed E-state index contributed by atoms with van der Waals surface area (Å²) >= 11 is 6.17. The lowest BCUT2D eigenvalue weighted by molar-refractivity contribution is 0.354. The highest BCUT2D eigenvalue weighted by atomic mass is 35.5. The summed E-state index contributed by atoms with van der Waals surface area (Å²) in [5.74, 6) is 2.21. The Morgan fingerprint density at radius 3 is 2.48 bits per heavy atom. The Bertz CT molecular complexity index is 720. The van der Waals surface area contributed by atoms with Gasteiger partial charge in [-0.1, -0.05) is 35.9 Å². The molecule has 25 heavy (non-hydrogen) atoms. The molecular formula is C19H24ClN3O2. The molecule has 6 heteroatoms. The Morgan fingerprint density at radius 2 is 1.80 bits per heavy atom. The van der Waals surface area contributed by atoms with E-state index in [-0.39, 0.29) is 0 Å². The second-order valence-corrected chi connectivity index (χ2v) is 5.79. The molecule has 0 aliphatic carbocycles. The van der Waals surface area contributed by atoms with Gasteiger partial charge < -0.3 is 20.1 Å². The van der Waals surface area contributed by atoms with Crippen LogP contribution >= 0.6 is 11.6 Å². The number of aliphatic imine (C=N–C) groups is 1. The summed E-state index contributed by atoms with van der Waals surface area (Å²) in [4.78, 5) is 4.23. The third-order valence-electron chi connectivity index (χ3n) is 3.78. The number of ether oxygens (including phenoxy) is 2. The molecule has 0 unspecified atom stereocenters. The largest absolute Gasteiger partial charge is 0.493 e. The van der Waals surface area contributed by atoms with Crippen LogP contribution in [0.5, 0.6) is 11.5 Å². The molecule has 2 N–H and O–H groups in total. The topological polar surface area (TPSA) is 54.9 Å². The van der Waals surface area contributed by atoms with E-state index >= 15 is 0 Å². The van der Waals surface area contributed by atoms with Crippen LogP contribution in [0.15, 0.2) is 47.5 Å². The van der Waals surface area contributed by atoms with E-state index in [4.69, 9.17) is 21.1 Å². The van der Waals surface area contributed by atoms with Gasteiger partial charge >= 0.3 is 0 Å². The van der Waals surface area contributed by atoms with Gasteiger partial charge in [0.2, 0.25) is 0 Å². The van der Waals surface area contributed by atoms with Gasteiger partial charge in [-0.3, -0.25) is 4.99 Å². The molecule has 2 aromatic rings. The molecule has 0 radical (unpaired) electrons. The summed E-state index contributed by atoms with van der Waals surface area (Å²) < 4.78 is 10.6. The SMILES string of the molecule is CN=C(NCCc1ccc(OC)c(OC)c1)NCc1ccccc1Cl. The van der Waals surface area contributed by atoms with Gasteiger partial charge in [0, 0.05) is 25.2 Å². The van der Waals surface area contributed by atoms with Crippen LogP contribution in [-0.2, 0) is 13.0 Å². The van der Waals surface area contributed by atoms with E-state index in [2.05, 4.69) is 15.6 Å². The quantitative estimate of drug-likeness (QED) is 0.587. The minimum absolute atomic E-state index is 0.621. The van der Waals surface area contributed by atoms with Crippen LogP contribution < -0.4 is 20.1 Å². The molecule has 0 heterocycles. The van der Waals surface area contributed by atoms with E-state index < -0.39 is 0 Å². The second kappa shape index (κ2) is 9.79. The van der Waals surface area contributed by atoms with Gasteiger partial charge in [-0.05, 0) is 35.7 Å². The maximum absolute atomic E-state index is 6.17. The fraction of sp³-hybridized carbons (Fsp3) is 0.316. The van der Waals surface area contributed by atoms with Crippen molar-refractivity contribution >= 4 is 17.6 Å². The Kier molecular flexibility index (Phi) is 7.41. The highest BCUT2D eigenvalue weighted by Gasteiger charge is 2.05. The number of nitrogens with zero attached hydrogens (tertiary/aromatic N) is 1. The lowest BCUT2D eigenvalue weighted by Gasteiger charge is -2.13. The van der Waals surface area contributed by atoms with Crippen molar-refractivity contribution in [2.75, 3.05) is 27.8 Å². The zero-order valence-corrected chi connectivity index (χ0v) is 15.6. The van der Waals surface area contributed by atoms with Crippen LogP contribution in [0.2, 0.25) is 5.02 Å². The molecule has 2 aromatic carbocycles. The Balaban J connectivity index is 1.84. The first-order valence-electron chi connectivity index (χ1n) is 8.06. The minimum Gasteiger partial charge on any atom is -0.493 e. The molecule has 0 atom stereocenters. The predicted molar refractivity (Wildman–Crippen MR) is 103 cm³/mol.